The van der Waals surface area contributed by atoms with Crippen LogP contribution in [0.3, 0.4) is 0 Å². The standard InChI is InChI=1S/C13H23NO2/c1-13(2,3)12(15)11-10(16-11)9-14-7-5-4-6-8-14/h10-11H,4-9H2,1-3H3. The Bertz CT molecular complexity index is 264. The van der Waals surface area contributed by atoms with Crippen LogP contribution in [0.25, 0.3) is 0 Å². The molecule has 16 heavy (non-hydrogen) atoms. The number of nitrogens with zero attached hydrogens (tertiary/aromatic N) is 1. The number of Topliss-reactive ketones (excluding diaryl/α,β-unsaturated/α-hetero) is 1. The van der Waals surface area contributed by atoms with E-state index in [9.17, 15) is 4.79 Å². The summed E-state index contributed by atoms with van der Waals surface area (Å²) >= 11 is 0. The molecule has 0 aromatic heterocycles. The van der Waals surface area contributed by atoms with Crippen molar-refractivity contribution in [3.63, 3.8) is 0 Å². The molecule has 2 fully saturated rings. The summed E-state index contributed by atoms with van der Waals surface area (Å²) in [5.74, 6) is 0.259. The molecule has 0 spiro atoms. The SMILES string of the molecule is CC(C)(C)C(=O)C1OC1CN1CCCCC1. The maximum Gasteiger partial charge on any atom is 0.169 e. The number of likely N-dealkylation sites (tertiary alicyclic amines) is 1. The lowest BCUT2D eigenvalue weighted by Gasteiger charge is -2.25. The van der Waals surface area contributed by atoms with E-state index >= 15 is 0 Å². The quantitative estimate of drug-likeness (QED) is 0.687. The zero-order chi connectivity index (χ0) is 11.8. The van der Waals surface area contributed by atoms with Crippen LogP contribution < -0.4 is 0 Å². The van der Waals surface area contributed by atoms with Crippen LogP contribution in [0.2, 0.25) is 0 Å². The average molecular weight is 225 g/mol. The van der Waals surface area contributed by atoms with E-state index in [1.807, 2.05) is 20.8 Å². The number of hydrogen-bond donors (Lipinski definition) is 0. The van der Waals surface area contributed by atoms with Gasteiger partial charge in [-0.25, -0.2) is 0 Å². The van der Waals surface area contributed by atoms with Gasteiger partial charge in [0.05, 0.1) is 0 Å². The second kappa shape index (κ2) is 4.46. The number of carbonyl (C=O) groups excluding carboxylic acids is 1. The van der Waals surface area contributed by atoms with Crippen molar-refractivity contribution in [3.8, 4) is 0 Å². The topological polar surface area (TPSA) is 32.8 Å². The Morgan fingerprint density at radius 2 is 1.88 bits per heavy atom. The van der Waals surface area contributed by atoms with Crippen molar-refractivity contribution < 1.29 is 9.53 Å². The maximum atomic E-state index is 11.9. The summed E-state index contributed by atoms with van der Waals surface area (Å²) in [6, 6.07) is 0. The Hall–Kier alpha value is -0.410. The molecule has 3 heteroatoms. The Morgan fingerprint density at radius 1 is 1.25 bits per heavy atom. The van der Waals surface area contributed by atoms with Crippen LogP contribution in [-0.4, -0.2) is 42.5 Å². The van der Waals surface area contributed by atoms with E-state index in [1.54, 1.807) is 0 Å². The number of carbonyl (C=O) groups is 1. The van der Waals surface area contributed by atoms with Crippen molar-refractivity contribution in [2.75, 3.05) is 19.6 Å². The van der Waals surface area contributed by atoms with Crippen LogP contribution in [0.4, 0.5) is 0 Å². The number of hydrogen-bond acceptors (Lipinski definition) is 3. The van der Waals surface area contributed by atoms with Gasteiger partial charge in [0.1, 0.15) is 12.2 Å². The van der Waals surface area contributed by atoms with E-state index in [0.29, 0.717) is 0 Å². The molecule has 0 aromatic carbocycles. The van der Waals surface area contributed by atoms with E-state index in [1.165, 1.54) is 32.4 Å². The average Bonchev–Trinajstić information content (AvgIpc) is 2.96. The van der Waals surface area contributed by atoms with Crippen LogP contribution in [0.1, 0.15) is 40.0 Å². The van der Waals surface area contributed by atoms with Gasteiger partial charge in [-0.3, -0.25) is 4.79 Å². The molecule has 2 saturated heterocycles. The minimum atomic E-state index is -0.263. The van der Waals surface area contributed by atoms with Crippen LogP contribution in [0.15, 0.2) is 0 Å². The molecule has 2 aliphatic rings. The highest BCUT2D eigenvalue weighted by Gasteiger charge is 2.48. The van der Waals surface area contributed by atoms with Gasteiger partial charge in [-0.15, -0.1) is 0 Å². The summed E-state index contributed by atoms with van der Waals surface area (Å²) < 4.78 is 5.52. The normalized spacial score (nSPS) is 31.4. The second-order valence-corrected chi connectivity index (χ2v) is 6.07. The highest BCUT2D eigenvalue weighted by molar-refractivity contribution is 5.90. The molecule has 2 aliphatic heterocycles. The summed E-state index contributed by atoms with van der Waals surface area (Å²) in [6.45, 7) is 9.21. The number of rotatable bonds is 3. The molecule has 2 unspecified atom stereocenters. The monoisotopic (exact) mass is 225 g/mol. The second-order valence-electron chi connectivity index (χ2n) is 6.07. The van der Waals surface area contributed by atoms with Crippen LogP contribution in [-0.2, 0) is 9.53 Å². The third-order valence-electron chi connectivity index (χ3n) is 3.47. The van der Waals surface area contributed by atoms with E-state index in [2.05, 4.69) is 4.90 Å². The molecule has 0 amide bonds. The zero-order valence-corrected chi connectivity index (χ0v) is 10.7. The van der Waals surface area contributed by atoms with E-state index in [-0.39, 0.29) is 23.4 Å². The number of ketones is 1. The molecule has 92 valence electrons. The molecule has 0 bridgehead atoms. The van der Waals surface area contributed by atoms with E-state index < -0.39 is 0 Å². The molecule has 2 heterocycles. The van der Waals surface area contributed by atoms with Gasteiger partial charge in [0.2, 0.25) is 0 Å². The van der Waals surface area contributed by atoms with Crippen molar-refractivity contribution in [2.24, 2.45) is 5.41 Å². The molecule has 2 atom stereocenters. The van der Waals surface area contributed by atoms with Gasteiger partial charge in [-0.2, -0.15) is 0 Å². The fourth-order valence-corrected chi connectivity index (χ4v) is 2.34. The summed E-state index contributed by atoms with van der Waals surface area (Å²) in [7, 11) is 0. The van der Waals surface area contributed by atoms with E-state index in [4.69, 9.17) is 4.74 Å². The Balaban J connectivity index is 1.76. The molecule has 3 nitrogen and oxygen atoms in total. The number of epoxide rings is 1. The van der Waals surface area contributed by atoms with Crippen molar-refractivity contribution in [1.82, 2.24) is 4.90 Å². The van der Waals surface area contributed by atoms with Crippen molar-refractivity contribution in [2.45, 2.75) is 52.2 Å². The molecule has 2 rings (SSSR count). The Morgan fingerprint density at radius 3 is 2.44 bits per heavy atom. The smallest absolute Gasteiger partial charge is 0.169 e. The summed E-state index contributed by atoms with van der Waals surface area (Å²) in [4.78, 5) is 14.4. The van der Waals surface area contributed by atoms with E-state index in [0.717, 1.165) is 6.54 Å². The van der Waals surface area contributed by atoms with Gasteiger partial charge >= 0.3 is 0 Å². The van der Waals surface area contributed by atoms with Gasteiger partial charge in [-0.1, -0.05) is 27.2 Å². The largest absolute Gasteiger partial charge is 0.360 e. The van der Waals surface area contributed by atoms with Crippen molar-refractivity contribution in [1.29, 1.82) is 0 Å². The van der Waals surface area contributed by atoms with Crippen LogP contribution >= 0.6 is 0 Å². The molecule has 0 saturated carbocycles. The molecule has 0 N–H and O–H groups in total. The first-order chi connectivity index (χ1) is 7.48. The summed E-state index contributed by atoms with van der Waals surface area (Å²) in [5, 5.41) is 0. The van der Waals surface area contributed by atoms with Gasteiger partial charge in [0, 0.05) is 12.0 Å². The zero-order valence-electron chi connectivity index (χ0n) is 10.7. The highest BCUT2D eigenvalue weighted by atomic mass is 16.6. The first kappa shape index (κ1) is 12.1. The Kier molecular flexibility index (Phi) is 3.36. The first-order valence-electron chi connectivity index (χ1n) is 6.40. The third-order valence-corrected chi connectivity index (χ3v) is 3.47. The van der Waals surface area contributed by atoms with Crippen molar-refractivity contribution in [3.05, 3.63) is 0 Å². The first-order valence-corrected chi connectivity index (χ1v) is 6.40. The van der Waals surface area contributed by atoms with Crippen molar-refractivity contribution >= 4 is 5.78 Å². The number of ether oxygens (including phenoxy) is 1. The van der Waals surface area contributed by atoms with Crippen LogP contribution in [0.5, 0.6) is 0 Å². The lowest BCUT2D eigenvalue weighted by atomic mass is 9.88. The summed E-state index contributed by atoms with van der Waals surface area (Å²) in [6.07, 6.45) is 3.99. The number of piperidine rings is 1. The molecular formula is C13H23NO2. The van der Waals surface area contributed by atoms with Crippen LogP contribution in [0, 0.1) is 5.41 Å². The highest BCUT2D eigenvalue weighted by Crippen LogP contribution is 2.31. The fraction of sp³-hybridized carbons (Fsp3) is 0.923. The minimum absolute atomic E-state index is 0.123. The summed E-state index contributed by atoms with van der Waals surface area (Å²) in [5.41, 5.74) is -0.263. The third kappa shape index (κ3) is 2.83. The lowest BCUT2D eigenvalue weighted by molar-refractivity contribution is -0.127. The van der Waals surface area contributed by atoms with Gasteiger partial charge in [0.25, 0.3) is 0 Å². The molecular weight excluding hydrogens is 202 g/mol. The lowest BCUT2D eigenvalue weighted by Crippen LogP contribution is -2.35. The van der Waals surface area contributed by atoms with Gasteiger partial charge in [0.15, 0.2) is 5.78 Å². The maximum absolute atomic E-state index is 11.9. The molecule has 0 aromatic rings. The van der Waals surface area contributed by atoms with Gasteiger partial charge in [-0.05, 0) is 25.9 Å². The predicted octanol–water partition coefficient (Wildman–Crippen LogP) is 1.85. The molecule has 0 aliphatic carbocycles. The Labute approximate surface area is 98.1 Å². The fourth-order valence-electron chi connectivity index (χ4n) is 2.34. The molecule has 0 radical (unpaired) electrons. The minimum Gasteiger partial charge on any atom is -0.360 e. The van der Waals surface area contributed by atoms with Gasteiger partial charge < -0.3 is 9.64 Å². The predicted molar refractivity (Wildman–Crippen MR) is 63.4 cm³/mol.